The second kappa shape index (κ2) is 5.45. The van der Waals surface area contributed by atoms with Gasteiger partial charge in [-0.1, -0.05) is 6.92 Å². The predicted molar refractivity (Wildman–Crippen MR) is 76.1 cm³/mol. The number of aromatic nitrogens is 3. The molecule has 0 saturated carbocycles. The molecule has 0 amide bonds. The SMILES string of the molecule is Cc1ccnc(-n2nc(C)c(CC(C)C(=O)O)c2C)c1. The quantitative estimate of drug-likeness (QED) is 0.929. The largest absolute Gasteiger partial charge is 0.481 e. The first kappa shape index (κ1) is 14.2. The Morgan fingerprint density at radius 2 is 2.10 bits per heavy atom. The molecule has 2 rings (SSSR count). The predicted octanol–water partition coefficient (Wildman–Crippen LogP) is 2.46. The number of nitrogens with zero attached hydrogens (tertiary/aromatic N) is 3. The van der Waals surface area contributed by atoms with E-state index >= 15 is 0 Å². The third kappa shape index (κ3) is 2.71. The number of aryl methyl sites for hydroxylation is 2. The molecule has 1 N–H and O–H groups in total. The van der Waals surface area contributed by atoms with Gasteiger partial charge >= 0.3 is 5.97 Å². The summed E-state index contributed by atoms with van der Waals surface area (Å²) in [5.74, 6) is -0.444. The normalized spacial score (nSPS) is 12.4. The highest BCUT2D eigenvalue weighted by molar-refractivity contribution is 5.70. The summed E-state index contributed by atoms with van der Waals surface area (Å²) >= 11 is 0. The van der Waals surface area contributed by atoms with E-state index in [1.165, 1.54) is 0 Å². The van der Waals surface area contributed by atoms with Crippen LogP contribution >= 0.6 is 0 Å². The molecule has 0 aliphatic heterocycles. The van der Waals surface area contributed by atoms with Gasteiger partial charge < -0.3 is 5.11 Å². The number of aliphatic carboxylic acids is 1. The van der Waals surface area contributed by atoms with Gasteiger partial charge in [0.2, 0.25) is 0 Å². The lowest BCUT2D eigenvalue weighted by Crippen LogP contribution is -2.13. The van der Waals surface area contributed by atoms with Gasteiger partial charge in [-0.2, -0.15) is 5.10 Å². The highest BCUT2D eigenvalue weighted by atomic mass is 16.4. The Hall–Kier alpha value is -2.17. The van der Waals surface area contributed by atoms with Crippen LogP contribution in [0.2, 0.25) is 0 Å². The van der Waals surface area contributed by atoms with E-state index in [4.69, 9.17) is 5.11 Å². The van der Waals surface area contributed by atoms with Crippen molar-refractivity contribution in [3.05, 3.63) is 40.8 Å². The van der Waals surface area contributed by atoms with Gasteiger partial charge in [-0.15, -0.1) is 0 Å². The number of carbonyl (C=O) groups is 1. The van der Waals surface area contributed by atoms with E-state index in [-0.39, 0.29) is 0 Å². The van der Waals surface area contributed by atoms with E-state index in [1.807, 2.05) is 32.9 Å². The van der Waals surface area contributed by atoms with Crippen molar-refractivity contribution < 1.29 is 9.90 Å². The highest BCUT2D eigenvalue weighted by Gasteiger charge is 2.19. The topological polar surface area (TPSA) is 68.0 Å². The van der Waals surface area contributed by atoms with Gasteiger partial charge in [-0.25, -0.2) is 9.67 Å². The van der Waals surface area contributed by atoms with Crippen LogP contribution in [0.15, 0.2) is 18.3 Å². The summed E-state index contributed by atoms with van der Waals surface area (Å²) < 4.78 is 1.78. The van der Waals surface area contributed by atoms with Crippen molar-refractivity contribution in [2.45, 2.75) is 34.1 Å². The van der Waals surface area contributed by atoms with Crippen molar-refractivity contribution in [3.8, 4) is 5.82 Å². The van der Waals surface area contributed by atoms with Crippen molar-refractivity contribution >= 4 is 5.97 Å². The molecule has 1 atom stereocenters. The average Bonchev–Trinajstić information content (AvgIpc) is 2.66. The van der Waals surface area contributed by atoms with Crippen LogP contribution in [0, 0.1) is 26.7 Å². The lowest BCUT2D eigenvalue weighted by molar-refractivity contribution is -0.141. The van der Waals surface area contributed by atoms with Crippen molar-refractivity contribution in [2.75, 3.05) is 0 Å². The molecule has 2 heterocycles. The third-order valence-corrected chi connectivity index (χ3v) is 3.49. The molecule has 106 valence electrons. The van der Waals surface area contributed by atoms with Crippen LogP contribution < -0.4 is 0 Å². The van der Waals surface area contributed by atoms with Crippen molar-refractivity contribution in [3.63, 3.8) is 0 Å². The maximum atomic E-state index is 11.0. The monoisotopic (exact) mass is 273 g/mol. The molecule has 0 fully saturated rings. The van der Waals surface area contributed by atoms with Crippen LogP contribution in [0.5, 0.6) is 0 Å². The fourth-order valence-corrected chi connectivity index (χ4v) is 2.22. The van der Waals surface area contributed by atoms with E-state index in [0.717, 1.165) is 28.3 Å². The number of pyridine rings is 1. The van der Waals surface area contributed by atoms with Gasteiger partial charge in [0, 0.05) is 11.9 Å². The molecule has 0 spiro atoms. The summed E-state index contributed by atoms with van der Waals surface area (Å²) in [6, 6.07) is 3.90. The molecule has 5 nitrogen and oxygen atoms in total. The smallest absolute Gasteiger partial charge is 0.306 e. The summed E-state index contributed by atoms with van der Waals surface area (Å²) in [7, 11) is 0. The van der Waals surface area contributed by atoms with E-state index in [9.17, 15) is 4.79 Å². The molecule has 20 heavy (non-hydrogen) atoms. The standard InChI is InChI=1S/C15H19N3O2/c1-9-5-6-16-14(7-9)18-12(4)13(11(3)17-18)8-10(2)15(19)20/h5-7,10H,8H2,1-4H3,(H,19,20). The molecular weight excluding hydrogens is 254 g/mol. The van der Waals surface area contributed by atoms with E-state index in [0.29, 0.717) is 6.42 Å². The van der Waals surface area contributed by atoms with E-state index in [1.54, 1.807) is 17.8 Å². The fraction of sp³-hybridized carbons (Fsp3) is 0.400. The van der Waals surface area contributed by atoms with E-state index < -0.39 is 11.9 Å². The summed E-state index contributed by atoms with van der Waals surface area (Å²) in [5.41, 5.74) is 3.92. The van der Waals surface area contributed by atoms with Gasteiger partial charge in [0.15, 0.2) is 5.82 Å². The maximum Gasteiger partial charge on any atom is 0.306 e. The molecule has 0 radical (unpaired) electrons. The maximum absolute atomic E-state index is 11.0. The van der Waals surface area contributed by atoms with Gasteiger partial charge in [0.05, 0.1) is 11.6 Å². The van der Waals surface area contributed by atoms with Gasteiger partial charge in [0.25, 0.3) is 0 Å². The summed E-state index contributed by atoms with van der Waals surface area (Å²) in [6.45, 7) is 7.57. The van der Waals surface area contributed by atoms with Crippen LogP contribution in [0.4, 0.5) is 0 Å². The summed E-state index contributed by atoms with van der Waals surface area (Å²) in [4.78, 5) is 15.3. The van der Waals surface area contributed by atoms with Crippen molar-refractivity contribution in [1.29, 1.82) is 0 Å². The van der Waals surface area contributed by atoms with Gasteiger partial charge in [-0.05, 0) is 50.5 Å². The first-order chi connectivity index (χ1) is 9.40. The molecule has 2 aromatic heterocycles. The highest BCUT2D eigenvalue weighted by Crippen LogP contribution is 2.20. The molecule has 0 aromatic carbocycles. The molecule has 5 heteroatoms. The van der Waals surface area contributed by atoms with Crippen molar-refractivity contribution in [2.24, 2.45) is 5.92 Å². The number of rotatable bonds is 4. The Labute approximate surface area is 118 Å². The molecule has 0 saturated heterocycles. The fourth-order valence-electron chi connectivity index (χ4n) is 2.22. The Kier molecular flexibility index (Phi) is 3.88. The van der Waals surface area contributed by atoms with Crippen LogP contribution in [-0.4, -0.2) is 25.8 Å². The first-order valence-electron chi connectivity index (χ1n) is 6.61. The molecule has 0 aliphatic carbocycles. The number of hydrogen-bond donors (Lipinski definition) is 1. The second-order valence-electron chi connectivity index (χ2n) is 5.20. The van der Waals surface area contributed by atoms with Crippen LogP contribution in [0.3, 0.4) is 0 Å². The molecule has 2 aromatic rings. The number of carboxylic acid groups (broad SMARTS) is 1. The molecular formula is C15H19N3O2. The zero-order valence-corrected chi connectivity index (χ0v) is 12.2. The molecule has 0 bridgehead atoms. The lowest BCUT2D eigenvalue weighted by atomic mass is 10.00. The lowest BCUT2D eigenvalue weighted by Gasteiger charge is -2.07. The summed E-state index contributed by atoms with van der Waals surface area (Å²) in [5, 5.41) is 13.5. The van der Waals surface area contributed by atoms with Gasteiger partial charge in [-0.3, -0.25) is 4.79 Å². The Morgan fingerprint density at radius 1 is 1.40 bits per heavy atom. The minimum Gasteiger partial charge on any atom is -0.481 e. The first-order valence-corrected chi connectivity index (χ1v) is 6.61. The minimum atomic E-state index is -0.787. The summed E-state index contributed by atoms with van der Waals surface area (Å²) in [6.07, 6.45) is 2.24. The zero-order chi connectivity index (χ0) is 14.9. The average molecular weight is 273 g/mol. The van der Waals surface area contributed by atoms with Crippen LogP contribution in [0.25, 0.3) is 5.82 Å². The minimum absolute atomic E-state index is 0.421. The third-order valence-electron chi connectivity index (χ3n) is 3.49. The number of hydrogen-bond acceptors (Lipinski definition) is 3. The van der Waals surface area contributed by atoms with Crippen LogP contribution in [0.1, 0.15) is 29.4 Å². The van der Waals surface area contributed by atoms with E-state index in [2.05, 4.69) is 10.1 Å². The number of carboxylic acids is 1. The second-order valence-corrected chi connectivity index (χ2v) is 5.20. The van der Waals surface area contributed by atoms with Crippen molar-refractivity contribution in [1.82, 2.24) is 14.8 Å². The Bertz CT molecular complexity index is 647. The zero-order valence-electron chi connectivity index (χ0n) is 12.2. The van der Waals surface area contributed by atoms with Gasteiger partial charge in [0.1, 0.15) is 0 Å². The van der Waals surface area contributed by atoms with Crippen LogP contribution in [-0.2, 0) is 11.2 Å². The molecule has 0 aliphatic rings. The Morgan fingerprint density at radius 3 is 2.70 bits per heavy atom. The Balaban J connectivity index is 2.41. The molecule has 1 unspecified atom stereocenters.